The second kappa shape index (κ2) is 8.11. The molecule has 154 valence electrons. The van der Waals surface area contributed by atoms with Crippen molar-refractivity contribution in [3.8, 4) is 22.8 Å². The number of nitrogens with zero attached hydrogens (tertiary/aromatic N) is 1. The molecule has 2 heterocycles. The fourth-order valence-electron chi connectivity index (χ4n) is 3.32. The number of hydrogen-bond donors (Lipinski definition) is 2. The second-order valence-electron chi connectivity index (χ2n) is 6.63. The number of ether oxygens (including phenoxy) is 2. The monoisotopic (exact) mass is 427 g/mol. The summed E-state index contributed by atoms with van der Waals surface area (Å²) < 4.78 is 24.0. The fourth-order valence-corrected chi connectivity index (χ4v) is 4.05. The summed E-state index contributed by atoms with van der Waals surface area (Å²) in [7, 11) is 3.12. The first-order valence-electron chi connectivity index (χ1n) is 9.06. The smallest absolute Gasteiger partial charge is 0.234 e. The van der Waals surface area contributed by atoms with Gasteiger partial charge in [-0.1, -0.05) is 6.07 Å². The van der Waals surface area contributed by atoms with E-state index in [4.69, 9.17) is 9.47 Å². The lowest BCUT2D eigenvalue weighted by Gasteiger charge is -2.24. The van der Waals surface area contributed by atoms with Gasteiger partial charge in [0.2, 0.25) is 11.8 Å². The molecule has 2 aromatic carbocycles. The highest BCUT2D eigenvalue weighted by Gasteiger charge is 2.31. The van der Waals surface area contributed by atoms with Crippen molar-refractivity contribution in [1.82, 2.24) is 4.98 Å². The van der Waals surface area contributed by atoms with Gasteiger partial charge in [0.25, 0.3) is 0 Å². The third-order valence-corrected chi connectivity index (χ3v) is 5.54. The lowest BCUT2D eigenvalue weighted by molar-refractivity contribution is -0.123. The van der Waals surface area contributed by atoms with Crippen LogP contribution in [0.1, 0.15) is 17.9 Å². The van der Waals surface area contributed by atoms with Gasteiger partial charge in [-0.3, -0.25) is 9.59 Å². The summed E-state index contributed by atoms with van der Waals surface area (Å²) in [4.78, 5) is 29.3. The summed E-state index contributed by atoms with van der Waals surface area (Å²) in [5.74, 6) is -0.719. The zero-order chi connectivity index (χ0) is 21.3. The van der Waals surface area contributed by atoms with E-state index in [-0.39, 0.29) is 18.2 Å². The third-order valence-electron chi connectivity index (χ3n) is 4.78. The van der Waals surface area contributed by atoms with E-state index in [1.54, 1.807) is 26.4 Å². The van der Waals surface area contributed by atoms with Crippen LogP contribution in [0.3, 0.4) is 0 Å². The van der Waals surface area contributed by atoms with E-state index in [2.05, 4.69) is 15.6 Å². The van der Waals surface area contributed by atoms with Crippen LogP contribution in [0.15, 0.2) is 41.8 Å². The maximum atomic E-state index is 13.5. The van der Waals surface area contributed by atoms with Gasteiger partial charge in [0.15, 0.2) is 16.6 Å². The predicted molar refractivity (Wildman–Crippen MR) is 112 cm³/mol. The normalized spacial score (nSPS) is 15.2. The summed E-state index contributed by atoms with van der Waals surface area (Å²) in [6.07, 6.45) is -0.0155. The minimum atomic E-state index is -0.720. The number of rotatable bonds is 5. The zero-order valence-electron chi connectivity index (χ0n) is 16.2. The lowest BCUT2D eigenvalue weighted by Crippen LogP contribution is -2.30. The first-order chi connectivity index (χ1) is 14.5. The molecular formula is C21H18FN3O4S. The Morgan fingerprint density at radius 2 is 2.00 bits per heavy atom. The highest BCUT2D eigenvalue weighted by molar-refractivity contribution is 7.14. The number of carbonyl (C=O) groups excluding carboxylic acids is 2. The number of halogens is 1. The van der Waals surface area contributed by atoms with E-state index in [0.29, 0.717) is 33.6 Å². The Morgan fingerprint density at radius 3 is 2.77 bits per heavy atom. The van der Waals surface area contributed by atoms with Gasteiger partial charge in [0.05, 0.1) is 25.8 Å². The largest absolute Gasteiger partial charge is 0.493 e. The zero-order valence-corrected chi connectivity index (χ0v) is 17.0. The number of carbonyl (C=O) groups is 2. The van der Waals surface area contributed by atoms with Crippen molar-refractivity contribution in [3.05, 3.63) is 53.2 Å². The highest BCUT2D eigenvalue weighted by atomic mass is 32.1. The maximum absolute atomic E-state index is 13.5. The maximum Gasteiger partial charge on any atom is 0.234 e. The lowest BCUT2D eigenvalue weighted by atomic mass is 9.90. The number of nitrogens with one attached hydrogen (secondary N) is 2. The van der Waals surface area contributed by atoms with Gasteiger partial charge in [-0.2, -0.15) is 0 Å². The topological polar surface area (TPSA) is 89.5 Å². The Kier molecular flexibility index (Phi) is 5.37. The van der Waals surface area contributed by atoms with Crippen molar-refractivity contribution < 1.29 is 23.5 Å². The summed E-state index contributed by atoms with van der Waals surface area (Å²) in [6, 6.07) is 9.43. The van der Waals surface area contributed by atoms with E-state index >= 15 is 0 Å². The number of hydrogen-bond acceptors (Lipinski definition) is 6. The molecule has 0 fully saturated rings. The Morgan fingerprint density at radius 1 is 1.20 bits per heavy atom. The molecule has 0 spiro atoms. The Bertz CT molecular complexity index is 1130. The summed E-state index contributed by atoms with van der Waals surface area (Å²) in [5.41, 5.74) is 2.36. The van der Waals surface area contributed by atoms with Crippen molar-refractivity contribution >= 4 is 34.0 Å². The molecule has 1 aliphatic heterocycles. The van der Waals surface area contributed by atoms with Crippen molar-refractivity contribution in [3.63, 3.8) is 0 Å². The number of methoxy groups -OCH3 is 2. The predicted octanol–water partition coefficient (Wildman–Crippen LogP) is 4.03. The molecule has 0 saturated heterocycles. The van der Waals surface area contributed by atoms with Crippen LogP contribution in [0.4, 0.5) is 15.2 Å². The van der Waals surface area contributed by atoms with Gasteiger partial charge in [-0.05, 0) is 35.9 Å². The average molecular weight is 427 g/mol. The molecule has 0 bridgehead atoms. The molecule has 0 radical (unpaired) electrons. The number of aromatic nitrogens is 1. The van der Waals surface area contributed by atoms with Crippen molar-refractivity contribution in [2.24, 2.45) is 0 Å². The van der Waals surface area contributed by atoms with Gasteiger partial charge < -0.3 is 20.1 Å². The molecular weight excluding hydrogens is 409 g/mol. The van der Waals surface area contributed by atoms with Crippen LogP contribution in [-0.2, 0) is 9.59 Å². The van der Waals surface area contributed by atoms with Gasteiger partial charge in [-0.25, -0.2) is 9.37 Å². The van der Waals surface area contributed by atoms with Crippen LogP contribution in [0.25, 0.3) is 11.3 Å². The molecule has 1 aliphatic rings. The molecule has 4 rings (SSSR count). The average Bonchev–Trinajstić information content (AvgIpc) is 3.20. The molecule has 0 aliphatic carbocycles. The third kappa shape index (κ3) is 3.84. The van der Waals surface area contributed by atoms with Gasteiger partial charge in [0.1, 0.15) is 5.82 Å². The number of fused-ring (bicyclic) bond motifs is 1. The van der Waals surface area contributed by atoms with E-state index in [1.165, 1.54) is 29.5 Å². The Balaban J connectivity index is 1.55. The summed E-state index contributed by atoms with van der Waals surface area (Å²) in [5, 5.41) is 7.58. The first kappa shape index (κ1) is 19.8. The van der Waals surface area contributed by atoms with Crippen LogP contribution in [-0.4, -0.2) is 31.0 Å². The number of benzene rings is 2. The van der Waals surface area contributed by atoms with Crippen molar-refractivity contribution in [2.75, 3.05) is 24.9 Å². The Labute approximate surface area is 175 Å². The number of anilines is 2. The quantitative estimate of drug-likeness (QED) is 0.642. The number of amides is 2. The van der Waals surface area contributed by atoms with Crippen molar-refractivity contribution in [2.45, 2.75) is 12.3 Å². The molecule has 7 nitrogen and oxygen atoms in total. The van der Waals surface area contributed by atoms with Crippen molar-refractivity contribution in [1.29, 1.82) is 0 Å². The molecule has 3 aromatic rings. The van der Waals surface area contributed by atoms with Crippen LogP contribution >= 0.6 is 11.3 Å². The molecule has 1 aromatic heterocycles. The van der Waals surface area contributed by atoms with Gasteiger partial charge >= 0.3 is 0 Å². The number of thiazole rings is 1. The standard InChI is InChI=1S/C21H18FN3O4S/c1-28-17-6-3-11(7-18(17)29-2)16-10-30-21(24-16)25-20(27)14-9-19(26)23-15-8-12(22)4-5-13(14)15/h3-8,10,14H,9H2,1-2H3,(H,23,26)(H,24,25,27)/t14-/m1/s1. The van der Waals surface area contributed by atoms with E-state index in [0.717, 1.165) is 5.56 Å². The molecule has 2 N–H and O–H groups in total. The minimum Gasteiger partial charge on any atom is -0.493 e. The SMILES string of the molecule is COc1ccc(-c2csc(NC(=O)[C@@H]3CC(=O)Nc4cc(F)ccc43)n2)cc1OC. The van der Waals surface area contributed by atoms with Crippen LogP contribution in [0.5, 0.6) is 11.5 Å². The van der Waals surface area contributed by atoms with E-state index in [9.17, 15) is 14.0 Å². The van der Waals surface area contributed by atoms with Crippen LogP contribution in [0, 0.1) is 5.82 Å². The van der Waals surface area contributed by atoms with Gasteiger partial charge in [-0.15, -0.1) is 11.3 Å². The summed E-state index contributed by atoms with van der Waals surface area (Å²) >= 11 is 1.27. The summed E-state index contributed by atoms with van der Waals surface area (Å²) in [6.45, 7) is 0. The van der Waals surface area contributed by atoms with E-state index in [1.807, 2.05) is 11.4 Å². The minimum absolute atomic E-state index is 0.0155. The molecule has 9 heteroatoms. The molecule has 0 saturated carbocycles. The Hall–Kier alpha value is -3.46. The molecule has 0 unspecified atom stereocenters. The molecule has 2 amide bonds. The molecule has 30 heavy (non-hydrogen) atoms. The van der Waals surface area contributed by atoms with Crippen LogP contribution < -0.4 is 20.1 Å². The highest BCUT2D eigenvalue weighted by Crippen LogP contribution is 2.36. The van der Waals surface area contributed by atoms with Crippen LogP contribution in [0.2, 0.25) is 0 Å². The van der Waals surface area contributed by atoms with E-state index < -0.39 is 11.7 Å². The molecule has 1 atom stereocenters. The van der Waals surface area contributed by atoms with Gasteiger partial charge in [0, 0.05) is 23.1 Å². The first-order valence-corrected chi connectivity index (χ1v) is 9.94. The second-order valence-corrected chi connectivity index (χ2v) is 7.49. The fraction of sp³-hybridized carbons (Fsp3) is 0.190.